The van der Waals surface area contributed by atoms with Crippen LogP contribution in [0.2, 0.25) is 0 Å². The fourth-order valence-electron chi connectivity index (χ4n) is 4.19. The van der Waals surface area contributed by atoms with E-state index >= 15 is 0 Å². The highest BCUT2D eigenvalue weighted by molar-refractivity contribution is 5.29. The van der Waals surface area contributed by atoms with E-state index in [9.17, 15) is 5.11 Å². The molecule has 3 atom stereocenters. The van der Waals surface area contributed by atoms with Gasteiger partial charge in [0, 0.05) is 17.8 Å². The summed E-state index contributed by atoms with van der Waals surface area (Å²) in [6.45, 7) is 10.2. The molecule has 1 saturated heterocycles. The van der Waals surface area contributed by atoms with Crippen molar-refractivity contribution in [2.24, 2.45) is 16.7 Å². The number of hydrogen-bond donors (Lipinski definition) is 1. The summed E-state index contributed by atoms with van der Waals surface area (Å²) in [5, 5.41) is 9.80. The standard InChI is InChI=1S/C14H22O3/c1-10-11-4-5-12(2,13(10,3)9-15)8-14(11)16-6-7-17-14/h11,15H,1,4-9H2,2-3H3/t11-,12-,13-/m0/s1. The van der Waals surface area contributed by atoms with Crippen LogP contribution in [0.4, 0.5) is 0 Å². The van der Waals surface area contributed by atoms with Gasteiger partial charge in [-0.2, -0.15) is 0 Å². The SMILES string of the molecule is C=C1[C@@H]2CC[C@@](C)(CC23OCCO3)[C@@]1(C)CO. The Morgan fingerprint density at radius 2 is 2.00 bits per heavy atom. The normalized spacial score (nSPS) is 47.9. The second-order valence-electron chi connectivity index (χ2n) is 6.35. The summed E-state index contributed by atoms with van der Waals surface area (Å²) in [7, 11) is 0. The van der Waals surface area contributed by atoms with E-state index in [1.54, 1.807) is 0 Å². The Kier molecular flexibility index (Phi) is 2.30. The zero-order chi connectivity index (χ0) is 12.3. The van der Waals surface area contributed by atoms with Crippen molar-refractivity contribution in [2.75, 3.05) is 19.8 Å². The van der Waals surface area contributed by atoms with Gasteiger partial charge in [-0.3, -0.25) is 0 Å². The molecule has 17 heavy (non-hydrogen) atoms. The van der Waals surface area contributed by atoms with Crippen molar-refractivity contribution in [3.05, 3.63) is 12.2 Å². The van der Waals surface area contributed by atoms with Crippen LogP contribution in [0.1, 0.15) is 33.1 Å². The van der Waals surface area contributed by atoms with Crippen LogP contribution in [0, 0.1) is 16.7 Å². The smallest absolute Gasteiger partial charge is 0.175 e. The third-order valence-corrected chi connectivity index (χ3v) is 5.71. The molecule has 1 N–H and O–H groups in total. The fraction of sp³-hybridized carbons (Fsp3) is 0.857. The number of aliphatic hydroxyl groups is 1. The van der Waals surface area contributed by atoms with Gasteiger partial charge in [0.2, 0.25) is 0 Å². The number of aliphatic hydroxyl groups excluding tert-OH is 1. The van der Waals surface area contributed by atoms with Gasteiger partial charge in [0.05, 0.1) is 19.8 Å². The van der Waals surface area contributed by atoms with Crippen LogP contribution in [0.25, 0.3) is 0 Å². The molecular weight excluding hydrogens is 216 g/mol. The Morgan fingerprint density at radius 1 is 1.35 bits per heavy atom. The van der Waals surface area contributed by atoms with Gasteiger partial charge < -0.3 is 14.6 Å². The van der Waals surface area contributed by atoms with Crippen LogP contribution < -0.4 is 0 Å². The first-order valence-corrected chi connectivity index (χ1v) is 6.56. The maximum absolute atomic E-state index is 9.80. The van der Waals surface area contributed by atoms with E-state index < -0.39 is 5.79 Å². The molecule has 1 heterocycles. The van der Waals surface area contributed by atoms with Crippen LogP contribution in [-0.4, -0.2) is 30.7 Å². The van der Waals surface area contributed by atoms with Gasteiger partial charge in [-0.05, 0) is 18.3 Å². The summed E-state index contributed by atoms with van der Waals surface area (Å²) in [6, 6.07) is 0. The molecule has 3 nitrogen and oxygen atoms in total. The minimum Gasteiger partial charge on any atom is -0.395 e. The fourth-order valence-corrected chi connectivity index (χ4v) is 4.19. The summed E-state index contributed by atoms with van der Waals surface area (Å²) >= 11 is 0. The van der Waals surface area contributed by atoms with Crippen LogP contribution in [0.5, 0.6) is 0 Å². The molecule has 4 rings (SSSR count). The van der Waals surface area contributed by atoms with E-state index in [2.05, 4.69) is 20.4 Å². The molecule has 0 unspecified atom stereocenters. The second-order valence-corrected chi connectivity index (χ2v) is 6.35. The number of hydrogen-bond acceptors (Lipinski definition) is 3. The molecular formula is C14H22O3. The average Bonchev–Trinajstić information content (AvgIpc) is 2.74. The monoisotopic (exact) mass is 238 g/mol. The molecule has 1 spiro atoms. The molecule has 3 saturated carbocycles. The molecule has 3 aliphatic carbocycles. The molecule has 4 aliphatic rings. The Bertz CT molecular complexity index is 358. The Labute approximate surface area is 103 Å². The van der Waals surface area contributed by atoms with Crippen LogP contribution >= 0.6 is 0 Å². The molecule has 0 amide bonds. The van der Waals surface area contributed by atoms with Gasteiger partial charge in [0.25, 0.3) is 0 Å². The third-order valence-electron chi connectivity index (χ3n) is 5.71. The molecule has 2 bridgehead atoms. The van der Waals surface area contributed by atoms with E-state index in [1.807, 2.05) is 0 Å². The molecule has 0 radical (unpaired) electrons. The van der Waals surface area contributed by atoms with Gasteiger partial charge in [0.15, 0.2) is 5.79 Å². The van der Waals surface area contributed by atoms with Crippen molar-refractivity contribution >= 4 is 0 Å². The highest BCUT2D eigenvalue weighted by Gasteiger charge is 2.65. The first kappa shape index (κ1) is 11.7. The number of rotatable bonds is 1. The second kappa shape index (κ2) is 3.34. The van der Waals surface area contributed by atoms with E-state index in [0.717, 1.165) is 24.8 Å². The zero-order valence-corrected chi connectivity index (χ0v) is 10.8. The van der Waals surface area contributed by atoms with E-state index in [4.69, 9.17) is 9.47 Å². The van der Waals surface area contributed by atoms with Crippen molar-refractivity contribution in [1.82, 2.24) is 0 Å². The lowest BCUT2D eigenvalue weighted by molar-refractivity contribution is -0.265. The van der Waals surface area contributed by atoms with Crippen molar-refractivity contribution in [2.45, 2.75) is 38.9 Å². The number of ether oxygens (including phenoxy) is 2. The molecule has 3 heteroatoms. The zero-order valence-electron chi connectivity index (χ0n) is 10.8. The summed E-state index contributed by atoms with van der Waals surface area (Å²) in [6.07, 6.45) is 3.09. The summed E-state index contributed by atoms with van der Waals surface area (Å²) in [5.74, 6) is -0.178. The summed E-state index contributed by atoms with van der Waals surface area (Å²) in [4.78, 5) is 0. The van der Waals surface area contributed by atoms with Gasteiger partial charge >= 0.3 is 0 Å². The van der Waals surface area contributed by atoms with Crippen LogP contribution in [0.3, 0.4) is 0 Å². The summed E-state index contributed by atoms with van der Waals surface area (Å²) in [5.41, 5.74) is 0.982. The van der Waals surface area contributed by atoms with E-state index in [0.29, 0.717) is 13.2 Å². The van der Waals surface area contributed by atoms with E-state index in [1.165, 1.54) is 0 Å². The first-order valence-electron chi connectivity index (χ1n) is 6.56. The largest absolute Gasteiger partial charge is 0.395 e. The van der Waals surface area contributed by atoms with Crippen LogP contribution in [0.15, 0.2) is 12.2 Å². The van der Waals surface area contributed by atoms with Crippen molar-refractivity contribution in [3.8, 4) is 0 Å². The van der Waals surface area contributed by atoms with E-state index in [-0.39, 0.29) is 23.4 Å². The predicted octanol–water partition coefficient (Wildman–Crippen LogP) is 2.10. The van der Waals surface area contributed by atoms with Gasteiger partial charge in [-0.25, -0.2) is 0 Å². The van der Waals surface area contributed by atoms with Gasteiger partial charge in [-0.15, -0.1) is 0 Å². The maximum atomic E-state index is 9.80. The minimum absolute atomic E-state index is 0.0396. The molecule has 0 aromatic heterocycles. The van der Waals surface area contributed by atoms with Gasteiger partial charge in [-0.1, -0.05) is 26.0 Å². The topological polar surface area (TPSA) is 38.7 Å². The highest BCUT2D eigenvalue weighted by atomic mass is 16.7. The van der Waals surface area contributed by atoms with Crippen molar-refractivity contribution in [3.63, 3.8) is 0 Å². The predicted molar refractivity (Wildman–Crippen MR) is 64.4 cm³/mol. The molecule has 4 fully saturated rings. The van der Waals surface area contributed by atoms with Gasteiger partial charge in [0.1, 0.15) is 0 Å². The highest BCUT2D eigenvalue weighted by Crippen LogP contribution is 2.67. The molecule has 1 aliphatic heterocycles. The molecule has 0 aromatic carbocycles. The molecule has 0 aromatic rings. The Hall–Kier alpha value is -0.380. The Morgan fingerprint density at radius 3 is 2.53 bits per heavy atom. The third kappa shape index (κ3) is 1.23. The van der Waals surface area contributed by atoms with Crippen LogP contribution in [-0.2, 0) is 9.47 Å². The molecule has 96 valence electrons. The maximum Gasteiger partial charge on any atom is 0.175 e. The van der Waals surface area contributed by atoms with Crippen molar-refractivity contribution in [1.29, 1.82) is 0 Å². The first-order chi connectivity index (χ1) is 7.97. The quantitative estimate of drug-likeness (QED) is 0.711. The lowest BCUT2D eigenvalue weighted by atomic mass is 9.45. The lowest BCUT2D eigenvalue weighted by Crippen LogP contribution is -2.62. The summed E-state index contributed by atoms with van der Waals surface area (Å²) < 4.78 is 11.8. The van der Waals surface area contributed by atoms with Crippen molar-refractivity contribution < 1.29 is 14.6 Å². The minimum atomic E-state index is -0.432. The number of fused-ring (bicyclic) bond motifs is 2. The average molecular weight is 238 g/mol. The lowest BCUT2D eigenvalue weighted by Gasteiger charge is -2.63. The Balaban J connectivity index is 2.04.